The van der Waals surface area contributed by atoms with Crippen molar-refractivity contribution in [3.05, 3.63) is 47.8 Å². The minimum atomic E-state index is -1.10. The first-order valence-electron chi connectivity index (χ1n) is 8.57. The van der Waals surface area contributed by atoms with E-state index < -0.39 is 29.3 Å². The van der Waals surface area contributed by atoms with Gasteiger partial charge in [-0.05, 0) is 44.0 Å². The minimum absolute atomic E-state index is 0.0646. The van der Waals surface area contributed by atoms with Crippen LogP contribution in [0.4, 0.5) is 13.2 Å². The van der Waals surface area contributed by atoms with Crippen LogP contribution >= 0.6 is 0 Å². The third-order valence-corrected chi connectivity index (χ3v) is 4.31. The van der Waals surface area contributed by atoms with Crippen LogP contribution in [0.25, 0.3) is 11.1 Å². The molecule has 1 aliphatic carbocycles. The van der Waals surface area contributed by atoms with Gasteiger partial charge in [-0.15, -0.1) is 0 Å². The number of carboxylic acid groups (broad SMARTS) is 1. The zero-order valence-electron chi connectivity index (χ0n) is 14.8. The Morgan fingerprint density at radius 3 is 2.52 bits per heavy atom. The van der Waals surface area contributed by atoms with Crippen molar-refractivity contribution in [1.82, 2.24) is 0 Å². The van der Waals surface area contributed by atoms with Gasteiger partial charge in [-0.25, -0.2) is 13.2 Å². The Morgan fingerprint density at radius 2 is 1.93 bits per heavy atom. The summed E-state index contributed by atoms with van der Waals surface area (Å²) in [6.45, 7) is 3.59. The van der Waals surface area contributed by atoms with Crippen LogP contribution in [0.2, 0.25) is 0 Å². The van der Waals surface area contributed by atoms with Crippen LogP contribution < -0.4 is 9.47 Å². The second-order valence-electron chi connectivity index (χ2n) is 6.83. The van der Waals surface area contributed by atoms with Gasteiger partial charge in [0.15, 0.2) is 23.2 Å². The summed E-state index contributed by atoms with van der Waals surface area (Å²) in [6, 6.07) is 6.04. The summed E-state index contributed by atoms with van der Waals surface area (Å²) in [4.78, 5) is 10.8. The molecule has 2 atom stereocenters. The summed E-state index contributed by atoms with van der Waals surface area (Å²) in [6.07, 6.45) is 0.273. The molecule has 4 nitrogen and oxygen atoms in total. The average molecular weight is 380 g/mol. The molecule has 1 N–H and O–H groups in total. The van der Waals surface area contributed by atoms with E-state index in [4.69, 9.17) is 14.6 Å². The number of carbonyl (C=O) groups is 1. The van der Waals surface area contributed by atoms with Crippen molar-refractivity contribution in [2.45, 2.75) is 26.4 Å². The number of hydrogen-bond acceptors (Lipinski definition) is 3. The lowest BCUT2D eigenvalue weighted by Gasteiger charge is -2.13. The van der Waals surface area contributed by atoms with Crippen LogP contribution in [0.15, 0.2) is 30.3 Å². The Balaban J connectivity index is 1.79. The Bertz CT molecular complexity index is 867. The Labute approximate surface area is 154 Å². The smallest absolute Gasteiger partial charge is 0.306 e. The highest BCUT2D eigenvalue weighted by atomic mass is 19.2. The first-order chi connectivity index (χ1) is 12.8. The standard InChI is InChI=1S/C20H19F3O4/c1-10(2)27-13-7-14(19(23)17(22)8-13)11-3-4-18(16(21)6-11)26-9-12-5-15(12)20(24)25/h3-4,6-8,10,12,15H,5,9H2,1-2H3,(H,24,25)/t12-,15+/m0/s1. The summed E-state index contributed by atoms with van der Waals surface area (Å²) in [5.74, 6) is -4.32. The molecule has 7 heteroatoms. The lowest BCUT2D eigenvalue weighted by Crippen LogP contribution is -2.07. The summed E-state index contributed by atoms with van der Waals surface area (Å²) in [5, 5.41) is 8.86. The highest BCUT2D eigenvalue weighted by molar-refractivity contribution is 5.73. The van der Waals surface area contributed by atoms with Crippen molar-refractivity contribution >= 4 is 5.97 Å². The molecule has 0 spiro atoms. The van der Waals surface area contributed by atoms with Crippen LogP contribution in [0.1, 0.15) is 20.3 Å². The van der Waals surface area contributed by atoms with E-state index in [1.165, 1.54) is 18.2 Å². The van der Waals surface area contributed by atoms with Gasteiger partial charge in [-0.1, -0.05) is 6.07 Å². The fourth-order valence-corrected chi connectivity index (χ4v) is 2.83. The van der Waals surface area contributed by atoms with E-state index in [0.717, 1.165) is 12.1 Å². The van der Waals surface area contributed by atoms with E-state index >= 15 is 0 Å². The molecule has 0 aliphatic heterocycles. The van der Waals surface area contributed by atoms with Crippen LogP contribution in [0, 0.1) is 29.3 Å². The molecule has 0 unspecified atom stereocenters. The van der Waals surface area contributed by atoms with Gasteiger partial charge in [0, 0.05) is 17.5 Å². The second kappa shape index (κ2) is 7.50. The van der Waals surface area contributed by atoms with Gasteiger partial charge >= 0.3 is 5.97 Å². The zero-order valence-corrected chi connectivity index (χ0v) is 14.8. The number of rotatable bonds is 7. The topological polar surface area (TPSA) is 55.8 Å². The summed E-state index contributed by atoms with van der Waals surface area (Å²) in [7, 11) is 0. The molecule has 0 saturated heterocycles. The predicted octanol–water partition coefficient (Wildman–Crippen LogP) is 4.66. The molecular formula is C20H19F3O4. The van der Waals surface area contributed by atoms with Crippen LogP contribution in [0.3, 0.4) is 0 Å². The van der Waals surface area contributed by atoms with Crippen LogP contribution in [-0.4, -0.2) is 23.8 Å². The molecule has 0 heterocycles. The van der Waals surface area contributed by atoms with Crippen molar-refractivity contribution in [3.63, 3.8) is 0 Å². The van der Waals surface area contributed by atoms with E-state index in [-0.39, 0.29) is 41.3 Å². The molecular weight excluding hydrogens is 361 g/mol. The highest BCUT2D eigenvalue weighted by Crippen LogP contribution is 2.39. The first kappa shape index (κ1) is 19.1. The lowest BCUT2D eigenvalue weighted by molar-refractivity contribution is -0.138. The van der Waals surface area contributed by atoms with Gasteiger partial charge in [0.05, 0.1) is 18.6 Å². The van der Waals surface area contributed by atoms with Crippen LogP contribution in [0.5, 0.6) is 11.5 Å². The van der Waals surface area contributed by atoms with Gasteiger partial charge in [0.1, 0.15) is 5.75 Å². The van der Waals surface area contributed by atoms with Crippen molar-refractivity contribution < 1.29 is 32.5 Å². The van der Waals surface area contributed by atoms with Gasteiger partial charge in [-0.2, -0.15) is 0 Å². The Kier molecular flexibility index (Phi) is 5.30. The van der Waals surface area contributed by atoms with E-state index in [2.05, 4.69) is 0 Å². The number of benzene rings is 2. The van der Waals surface area contributed by atoms with Gasteiger partial charge in [0.25, 0.3) is 0 Å². The fourth-order valence-electron chi connectivity index (χ4n) is 2.83. The zero-order chi connectivity index (χ0) is 19.7. The molecule has 1 fully saturated rings. The van der Waals surface area contributed by atoms with Gasteiger partial charge in [-0.3, -0.25) is 4.79 Å². The van der Waals surface area contributed by atoms with E-state index in [1.807, 2.05) is 0 Å². The quantitative estimate of drug-likeness (QED) is 0.759. The Morgan fingerprint density at radius 1 is 1.19 bits per heavy atom. The fraction of sp³-hybridized carbons (Fsp3) is 0.350. The summed E-state index contributed by atoms with van der Waals surface area (Å²) in [5.41, 5.74) is 0.0181. The second-order valence-corrected chi connectivity index (χ2v) is 6.83. The predicted molar refractivity (Wildman–Crippen MR) is 92.2 cm³/mol. The van der Waals surface area contributed by atoms with E-state index in [0.29, 0.717) is 6.42 Å². The summed E-state index contributed by atoms with van der Waals surface area (Å²) >= 11 is 0. The third-order valence-electron chi connectivity index (χ3n) is 4.31. The summed E-state index contributed by atoms with van der Waals surface area (Å²) < 4.78 is 53.1. The van der Waals surface area contributed by atoms with Crippen molar-refractivity contribution in [3.8, 4) is 22.6 Å². The molecule has 0 amide bonds. The van der Waals surface area contributed by atoms with Crippen molar-refractivity contribution in [2.75, 3.05) is 6.61 Å². The minimum Gasteiger partial charge on any atom is -0.491 e. The maximum Gasteiger partial charge on any atom is 0.306 e. The monoisotopic (exact) mass is 380 g/mol. The van der Waals surface area contributed by atoms with Gasteiger partial charge in [0.2, 0.25) is 0 Å². The van der Waals surface area contributed by atoms with Crippen molar-refractivity contribution in [2.24, 2.45) is 11.8 Å². The maximum absolute atomic E-state index is 14.3. The largest absolute Gasteiger partial charge is 0.491 e. The first-order valence-corrected chi connectivity index (χ1v) is 8.57. The van der Waals surface area contributed by atoms with Crippen LogP contribution in [-0.2, 0) is 4.79 Å². The normalized spacial score (nSPS) is 18.4. The molecule has 1 aliphatic rings. The molecule has 144 valence electrons. The molecule has 0 bridgehead atoms. The molecule has 2 aromatic carbocycles. The molecule has 1 saturated carbocycles. The lowest BCUT2D eigenvalue weighted by atomic mass is 10.0. The highest BCUT2D eigenvalue weighted by Gasteiger charge is 2.43. The number of ether oxygens (including phenoxy) is 2. The SMILES string of the molecule is CC(C)Oc1cc(F)c(F)c(-c2ccc(OC[C@@H]3C[C@H]3C(=O)O)c(F)c2)c1. The van der Waals surface area contributed by atoms with Crippen molar-refractivity contribution in [1.29, 1.82) is 0 Å². The number of aliphatic carboxylic acids is 1. The maximum atomic E-state index is 14.3. The molecule has 0 radical (unpaired) electrons. The third kappa shape index (κ3) is 4.35. The molecule has 3 rings (SSSR count). The van der Waals surface area contributed by atoms with Gasteiger partial charge < -0.3 is 14.6 Å². The number of hydrogen-bond donors (Lipinski definition) is 1. The molecule has 0 aromatic heterocycles. The average Bonchev–Trinajstić information content (AvgIpc) is 3.36. The number of halogens is 3. The Hall–Kier alpha value is -2.70. The number of carboxylic acids is 1. The van der Waals surface area contributed by atoms with E-state index in [1.54, 1.807) is 13.8 Å². The van der Waals surface area contributed by atoms with E-state index in [9.17, 15) is 18.0 Å². The molecule has 27 heavy (non-hydrogen) atoms. The molecule has 2 aromatic rings.